The zero-order chi connectivity index (χ0) is 29.3. The fraction of sp³-hybridized carbons (Fsp3) is 0.281. The van der Waals surface area contributed by atoms with Gasteiger partial charge in [0.1, 0.15) is 17.1 Å². The molecule has 1 aliphatic carbocycles. The zero-order valence-corrected chi connectivity index (χ0v) is 23.5. The molecule has 0 unspecified atom stereocenters. The first-order valence-corrected chi connectivity index (χ1v) is 13.5. The van der Waals surface area contributed by atoms with Crippen LogP contribution in [0.3, 0.4) is 0 Å². The minimum atomic E-state index is -0.534. The highest BCUT2D eigenvalue weighted by atomic mass is 19.1. The van der Waals surface area contributed by atoms with E-state index in [0.717, 1.165) is 40.7 Å². The zero-order valence-electron chi connectivity index (χ0n) is 23.5. The number of rotatable bonds is 8. The standard InChI is InChI=1S/C32H33FN4O4/c1-18-21(20-13-26(33)24(30(14-20)41-4)16-35-28-11-12-29(28)38)7-5-8-22(18)23-9-6-10-27(19(23)2)36-31(39)25-15-34-17-37(3)32(25)40/h5-10,13-15,17,28-29,35,38H,11-12,16H2,1-4H3,(H,36,39)/t28-,29-/m1/s1. The molecule has 1 saturated carbocycles. The number of hydrogen-bond acceptors (Lipinski definition) is 6. The summed E-state index contributed by atoms with van der Waals surface area (Å²) in [4.78, 5) is 29.2. The quantitative estimate of drug-likeness (QED) is 0.290. The number of anilines is 1. The number of methoxy groups -OCH3 is 1. The van der Waals surface area contributed by atoms with E-state index in [2.05, 4.69) is 15.6 Å². The number of aryl methyl sites for hydroxylation is 1. The van der Waals surface area contributed by atoms with Gasteiger partial charge < -0.3 is 25.0 Å². The van der Waals surface area contributed by atoms with Gasteiger partial charge in [0.05, 0.1) is 19.5 Å². The van der Waals surface area contributed by atoms with E-state index in [1.807, 2.05) is 50.2 Å². The van der Waals surface area contributed by atoms with Crippen molar-refractivity contribution in [1.82, 2.24) is 14.9 Å². The van der Waals surface area contributed by atoms with Gasteiger partial charge in [0.25, 0.3) is 11.5 Å². The first-order valence-electron chi connectivity index (χ1n) is 13.5. The molecule has 41 heavy (non-hydrogen) atoms. The number of aliphatic hydroxyl groups excluding tert-OH is 1. The van der Waals surface area contributed by atoms with Crippen LogP contribution >= 0.6 is 0 Å². The summed E-state index contributed by atoms with van der Waals surface area (Å²) in [5.41, 5.74) is 5.64. The van der Waals surface area contributed by atoms with Gasteiger partial charge in [0, 0.05) is 37.1 Å². The van der Waals surface area contributed by atoms with Crippen molar-refractivity contribution in [3.8, 4) is 28.0 Å². The maximum atomic E-state index is 15.4. The van der Waals surface area contributed by atoms with Crippen LogP contribution in [-0.2, 0) is 13.6 Å². The van der Waals surface area contributed by atoms with Crippen molar-refractivity contribution in [2.24, 2.45) is 7.05 Å². The monoisotopic (exact) mass is 556 g/mol. The fourth-order valence-electron chi connectivity index (χ4n) is 5.23. The minimum Gasteiger partial charge on any atom is -0.496 e. The molecule has 8 nitrogen and oxygen atoms in total. The van der Waals surface area contributed by atoms with Crippen LogP contribution in [0.2, 0.25) is 0 Å². The third-order valence-corrected chi connectivity index (χ3v) is 7.91. The highest BCUT2D eigenvalue weighted by Crippen LogP contribution is 2.38. The molecule has 1 aromatic heterocycles. The van der Waals surface area contributed by atoms with Gasteiger partial charge in [-0.1, -0.05) is 30.3 Å². The number of amides is 1. The Labute approximate surface area is 237 Å². The average molecular weight is 557 g/mol. The normalized spacial score (nSPS) is 16.2. The summed E-state index contributed by atoms with van der Waals surface area (Å²) in [6.07, 6.45) is 3.84. The fourth-order valence-corrected chi connectivity index (χ4v) is 5.23. The summed E-state index contributed by atoms with van der Waals surface area (Å²) < 4.78 is 22.2. The summed E-state index contributed by atoms with van der Waals surface area (Å²) in [5, 5.41) is 15.9. The van der Waals surface area contributed by atoms with Crippen LogP contribution in [0.5, 0.6) is 5.75 Å². The van der Waals surface area contributed by atoms with Crippen LogP contribution < -0.4 is 20.9 Å². The maximum Gasteiger partial charge on any atom is 0.265 e. The van der Waals surface area contributed by atoms with Gasteiger partial charge in [-0.05, 0) is 78.3 Å². The van der Waals surface area contributed by atoms with E-state index in [9.17, 15) is 14.7 Å². The summed E-state index contributed by atoms with van der Waals surface area (Å²) in [7, 11) is 3.06. The second kappa shape index (κ2) is 11.6. The van der Waals surface area contributed by atoms with Crippen LogP contribution in [0.15, 0.2) is 65.8 Å². The first kappa shape index (κ1) is 28.2. The molecule has 1 amide bonds. The molecular weight excluding hydrogens is 523 g/mol. The lowest BCUT2D eigenvalue weighted by molar-refractivity contribution is 0.0490. The molecule has 1 fully saturated rings. The lowest BCUT2D eigenvalue weighted by Crippen LogP contribution is -2.47. The summed E-state index contributed by atoms with van der Waals surface area (Å²) in [6.45, 7) is 4.15. The highest BCUT2D eigenvalue weighted by Gasteiger charge is 2.28. The molecule has 9 heteroatoms. The first-order chi connectivity index (χ1) is 19.7. The maximum absolute atomic E-state index is 15.4. The summed E-state index contributed by atoms with van der Waals surface area (Å²) >= 11 is 0. The second-order valence-corrected chi connectivity index (χ2v) is 10.4. The van der Waals surface area contributed by atoms with E-state index in [4.69, 9.17) is 4.74 Å². The Morgan fingerprint density at radius 1 is 1.10 bits per heavy atom. The van der Waals surface area contributed by atoms with E-state index < -0.39 is 17.6 Å². The Balaban J connectivity index is 1.46. The predicted octanol–water partition coefficient (Wildman–Crippen LogP) is 4.74. The van der Waals surface area contributed by atoms with Crippen molar-refractivity contribution < 1.29 is 19.0 Å². The average Bonchev–Trinajstić information content (AvgIpc) is 2.95. The Morgan fingerprint density at radius 2 is 1.80 bits per heavy atom. The van der Waals surface area contributed by atoms with E-state index in [0.29, 0.717) is 22.6 Å². The van der Waals surface area contributed by atoms with Crippen molar-refractivity contribution in [1.29, 1.82) is 0 Å². The largest absolute Gasteiger partial charge is 0.496 e. The van der Waals surface area contributed by atoms with E-state index in [1.54, 1.807) is 13.1 Å². The number of nitrogens with one attached hydrogen (secondary N) is 2. The van der Waals surface area contributed by atoms with Gasteiger partial charge in [-0.2, -0.15) is 0 Å². The minimum absolute atomic E-state index is 0.0313. The molecule has 0 aliphatic heterocycles. The molecule has 3 aromatic carbocycles. The number of ether oxygens (including phenoxy) is 1. The van der Waals surface area contributed by atoms with Gasteiger partial charge in [0.2, 0.25) is 0 Å². The van der Waals surface area contributed by atoms with Crippen LogP contribution in [0.4, 0.5) is 10.1 Å². The number of carbonyl (C=O) groups excluding carboxylic acids is 1. The Hall–Kier alpha value is -4.34. The molecule has 1 heterocycles. The number of halogens is 1. The lowest BCUT2D eigenvalue weighted by Gasteiger charge is -2.33. The third kappa shape index (κ3) is 5.51. The van der Waals surface area contributed by atoms with E-state index in [-0.39, 0.29) is 24.0 Å². The number of benzene rings is 3. The van der Waals surface area contributed by atoms with E-state index in [1.165, 1.54) is 30.3 Å². The topological polar surface area (TPSA) is 105 Å². The second-order valence-electron chi connectivity index (χ2n) is 10.4. The van der Waals surface area contributed by atoms with Crippen molar-refractivity contribution in [3.63, 3.8) is 0 Å². The number of hydrogen-bond donors (Lipinski definition) is 3. The Morgan fingerprint density at radius 3 is 2.49 bits per heavy atom. The number of aliphatic hydroxyl groups is 1. The summed E-state index contributed by atoms with van der Waals surface area (Å²) in [5.74, 6) is -0.477. The lowest BCUT2D eigenvalue weighted by atomic mass is 9.88. The molecule has 1 aliphatic rings. The highest BCUT2D eigenvalue weighted by molar-refractivity contribution is 6.04. The van der Waals surface area contributed by atoms with Crippen LogP contribution in [0.25, 0.3) is 22.3 Å². The predicted molar refractivity (Wildman–Crippen MR) is 157 cm³/mol. The van der Waals surface area contributed by atoms with Gasteiger partial charge in [0.15, 0.2) is 0 Å². The van der Waals surface area contributed by atoms with Crippen molar-refractivity contribution in [2.75, 3.05) is 12.4 Å². The molecule has 0 bridgehead atoms. The number of aromatic nitrogens is 2. The number of nitrogens with zero attached hydrogens (tertiary/aromatic N) is 2. The molecule has 0 saturated heterocycles. The van der Waals surface area contributed by atoms with Gasteiger partial charge >= 0.3 is 0 Å². The molecule has 2 atom stereocenters. The van der Waals surface area contributed by atoms with Crippen LogP contribution in [0.1, 0.15) is 39.9 Å². The molecule has 5 rings (SSSR count). The summed E-state index contributed by atoms with van der Waals surface area (Å²) in [6, 6.07) is 14.7. The number of carbonyl (C=O) groups is 1. The molecule has 0 spiro atoms. The van der Waals surface area contributed by atoms with Crippen molar-refractivity contribution >= 4 is 11.6 Å². The van der Waals surface area contributed by atoms with Crippen LogP contribution in [-0.4, -0.2) is 39.8 Å². The van der Waals surface area contributed by atoms with Crippen molar-refractivity contribution in [3.05, 3.63) is 99.5 Å². The molecule has 3 N–H and O–H groups in total. The van der Waals surface area contributed by atoms with Gasteiger partial charge in [-0.3, -0.25) is 9.59 Å². The molecule has 4 aromatic rings. The third-order valence-electron chi connectivity index (χ3n) is 7.91. The Bertz CT molecular complexity index is 1680. The van der Waals surface area contributed by atoms with E-state index >= 15 is 4.39 Å². The Kier molecular flexibility index (Phi) is 8.01. The molecular formula is C32H33FN4O4. The molecule has 212 valence electrons. The van der Waals surface area contributed by atoms with Gasteiger partial charge in [-0.15, -0.1) is 0 Å². The van der Waals surface area contributed by atoms with Crippen molar-refractivity contribution in [2.45, 2.75) is 45.4 Å². The smallest absolute Gasteiger partial charge is 0.265 e. The SMILES string of the molecule is COc1cc(-c2cccc(-c3cccc(NC(=O)c4cncn(C)c4=O)c3C)c2C)cc(F)c1CN[C@@H]1CC[C@H]1O. The van der Waals surface area contributed by atoms with Gasteiger partial charge in [-0.25, -0.2) is 9.37 Å². The molecule has 0 radical (unpaired) electrons. The van der Waals surface area contributed by atoms with Crippen LogP contribution in [0, 0.1) is 19.7 Å².